The highest BCUT2D eigenvalue weighted by Crippen LogP contribution is 2.31. The molecule has 1 aliphatic heterocycles. The minimum atomic E-state index is -0.303. The van der Waals surface area contributed by atoms with Gasteiger partial charge in [-0.1, -0.05) is 24.6 Å². The molecular weight excluding hydrogens is 318 g/mol. The van der Waals surface area contributed by atoms with E-state index in [1.54, 1.807) is 11.0 Å². The van der Waals surface area contributed by atoms with Crippen LogP contribution in [-0.2, 0) is 0 Å². The smallest absolute Gasteiger partial charge is 0.346 e. The SMILES string of the molecule is CCCN1C(=O)N=C(N)C1c1ccc(Br)c(Cl)c1. The first-order valence-corrected chi connectivity index (χ1v) is 6.81. The van der Waals surface area contributed by atoms with Gasteiger partial charge in [0.2, 0.25) is 0 Å². The Morgan fingerprint density at radius 1 is 1.56 bits per heavy atom. The molecule has 6 heteroatoms. The van der Waals surface area contributed by atoms with Crippen molar-refractivity contribution in [1.29, 1.82) is 0 Å². The summed E-state index contributed by atoms with van der Waals surface area (Å²) in [6.07, 6.45) is 0.856. The van der Waals surface area contributed by atoms with E-state index in [0.29, 0.717) is 17.4 Å². The van der Waals surface area contributed by atoms with Crippen LogP contribution in [0.1, 0.15) is 24.9 Å². The van der Waals surface area contributed by atoms with Gasteiger partial charge < -0.3 is 10.6 Å². The molecule has 2 rings (SSSR count). The number of benzene rings is 1. The summed E-state index contributed by atoms with van der Waals surface area (Å²) in [5, 5.41) is 0.594. The number of halogens is 2. The molecule has 1 aromatic carbocycles. The van der Waals surface area contributed by atoms with Gasteiger partial charge in [0.1, 0.15) is 11.9 Å². The molecule has 4 nitrogen and oxygen atoms in total. The highest BCUT2D eigenvalue weighted by atomic mass is 79.9. The fraction of sp³-hybridized carbons (Fsp3) is 0.333. The number of nitrogens with zero attached hydrogens (tertiary/aromatic N) is 2. The van der Waals surface area contributed by atoms with Crippen LogP contribution >= 0.6 is 27.5 Å². The first-order valence-electron chi connectivity index (χ1n) is 5.64. The molecule has 1 aromatic rings. The van der Waals surface area contributed by atoms with Crippen LogP contribution in [0.4, 0.5) is 4.79 Å². The van der Waals surface area contributed by atoms with Crippen LogP contribution in [0.5, 0.6) is 0 Å². The fourth-order valence-corrected chi connectivity index (χ4v) is 2.44. The second kappa shape index (κ2) is 5.28. The minimum Gasteiger partial charge on any atom is -0.385 e. The molecule has 2 amide bonds. The molecular formula is C12H13BrClN3O. The maximum Gasteiger partial charge on any atom is 0.346 e. The summed E-state index contributed by atoms with van der Waals surface area (Å²) < 4.78 is 0.815. The molecule has 1 unspecified atom stereocenters. The van der Waals surface area contributed by atoms with Gasteiger partial charge in [-0.3, -0.25) is 0 Å². The topological polar surface area (TPSA) is 58.7 Å². The van der Waals surface area contributed by atoms with E-state index in [0.717, 1.165) is 16.5 Å². The first kappa shape index (κ1) is 13.4. The Balaban J connectivity index is 2.37. The lowest BCUT2D eigenvalue weighted by molar-refractivity contribution is 0.206. The van der Waals surface area contributed by atoms with E-state index in [1.165, 1.54) is 0 Å². The Bertz CT molecular complexity index is 518. The number of rotatable bonds is 3. The third-order valence-electron chi connectivity index (χ3n) is 2.79. The molecule has 1 heterocycles. The van der Waals surface area contributed by atoms with E-state index in [1.807, 2.05) is 19.1 Å². The molecule has 0 saturated carbocycles. The number of carbonyl (C=O) groups excluding carboxylic acids is 1. The Labute approximate surface area is 119 Å². The summed E-state index contributed by atoms with van der Waals surface area (Å²) in [7, 11) is 0. The number of urea groups is 1. The van der Waals surface area contributed by atoms with E-state index in [9.17, 15) is 4.79 Å². The highest BCUT2D eigenvalue weighted by Gasteiger charge is 2.33. The van der Waals surface area contributed by atoms with Crippen LogP contribution in [0.3, 0.4) is 0 Å². The number of amidine groups is 1. The van der Waals surface area contributed by atoms with Gasteiger partial charge in [-0.15, -0.1) is 0 Å². The molecule has 0 radical (unpaired) electrons. The van der Waals surface area contributed by atoms with E-state index in [2.05, 4.69) is 20.9 Å². The molecule has 0 saturated heterocycles. The number of hydrogen-bond acceptors (Lipinski definition) is 2. The van der Waals surface area contributed by atoms with Crippen LogP contribution in [-0.4, -0.2) is 23.3 Å². The van der Waals surface area contributed by atoms with Gasteiger partial charge >= 0.3 is 6.03 Å². The van der Waals surface area contributed by atoms with E-state index in [4.69, 9.17) is 17.3 Å². The van der Waals surface area contributed by atoms with E-state index < -0.39 is 0 Å². The molecule has 0 aliphatic carbocycles. The maximum absolute atomic E-state index is 11.7. The van der Waals surface area contributed by atoms with Crippen LogP contribution in [0.15, 0.2) is 27.7 Å². The van der Waals surface area contributed by atoms with Gasteiger partial charge in [-0.25, -0.2) is 4.79 Å². The van der Waals surface area contributed by atoms with Gasteiger partial charge in [0.15, 0.2) is 0 Å². The number of aliphatic imine (C=N–C) groups is 1. The number of nitrogens with two attached hydrogens (primary N) is 1. The second-order valence-electron chi connectivity index (χ2n) is 4.09. The Kier molecular flexibility index (Phi) is 3.92. The average molecular weight is 331 g/mol. The molecule has 96 valence electrons. The van der Waals surface area contributed by atoms with E-state index in [-0.39, 0.29) is 12.1 Å². The van der Waals surface area contributed by atoms with Crippen molar-refractivity contribution in [3.8, 4) is 0 Å². The van der Waals surface area contributed by atoms with Crippen molar-refractivity contribution >= 4 is 39.4 Å². The van der Waals surface area contributed by atoms with Gasteiger partial charge in [0, 0.05) is 11.0 Å². The lowest BCUT2D eigenvalue weighted by Gasteiger charge is -2.24. The number of carbonyl (C=O) groups is 1. The van der Waals surface area contributed by atoms with Crippen molar-refractivity contribution in [2.24, 2.45) is 10.7 Å². The first-order chi connectivity index (χ1) is 8.54. The zero-order chi connectivity index (χ0) is 13.3. The maximum atomic E-state index is 11.7. The number of hydrogen-bond donors (Lipinski definition) is 1. The Hall–Kier alpha value is -1.07. The van der Waals surface area contributed by atoms with Gasteiger partial charge in [0.05, 0.1) is 5.02 Å². The van der Waals surface area contributed by atoms with Crippen molar-refractivity contribution < 1.29 is 4.79 Å². The van der Waals surface area contributed by atoms with Gasteiger partial charge in [0.25, 0.3) is 0 Å². The van der Waals surface area contributed by atoms with Crippen molar-refractivity contribution in [3.05, 3.63) is 33.3 Å². The van der Waals surface area contributed by atoms with Crippen LogP contribution in [0, 0.1) is 0 Å². The van der Waals surface area contributed by atoms with E-state index >= 15 is 0 Å². The average Bonchev–Trinajstić information content (AvgIpc) is 2.59. The van der Waals surface area contributed by atoms with Crippen LogP contribution in [0.25, 0.3) is 0 Å². The largest absolute Gasteiger partial charge is 0.385 e. The quantitative estimate of drug-likeness (QED) is 0.924. The molecule has 0 bridgehead atoms. The van der Waals surface area contributed by atoms with Crippen LogP contribution in [0.2, 0.25) is 5.02 Å². The minimum absolute atomic E-state index is 0.279. The summed E-state index contributed by atoms with van der Waals surface area (Å²) in [4.78, 5) is 17.2. The summed E-state index contributed by atoms with van der Waals surface area (Å²) in [5.74, 6) is 0.326. The third-order valence-corrected chi connectivity index (χ3v) is 4.02. The summed E-state index contributed by atoms with van der Waals surface area (Å²) in [6, 6.07) is 4.96. The molecule has 0 fully saturated rings. The monoisotopic (exact) mass is 329 g/mol. The molecule has 18 heavy (non-hydrogen) atoms. The predicted octanol–water partition coefficient (Wildman–Crippen LogP) is 3.35. The second-order valence-corrected chi connectivity index (χ2v) is 5.35. The fourth-order valence-electron chi connectivity index (χ4n) is 2.00. The zero-order valence-electron chi connectivity index (χ0n) is 9.86. The molecule has 2 N–H and O–H groups in total. The van der Waals surface area contributed by atoms with Gasteiger partial charge in [-0.2, -0.15) is 4.99 Å². The summed E-state index contributed by atoms with van der Waals surface area (Å²) in [6.45, 7) is 2.63. The van der Waals surface area contributed by atoms with Crippen LogP contribution < -0.4 is 5.73 Å². The van der Waals surface area contributed by atoms with Crippen molar-refractivity contribution in [3.63, 3.8) is 0 Å². The molecule has 1 aliphatic rings. The van der Waals surface area contributed by atoms with Gasteiger partial charge in [-0.05, 0) is 40.0 Å². The Morgan fingerprint density at radius 3 is 2.89 bits per heavy atom. The third kappa shape index (κ3) is 2.37. The Morgan fingerprint density at radius 2 is 2.28 bits per heavy atom. The lowest BCUT2D eigenvalue weighted by atomic mass is 10.1. The summed E-state index contributed by atoms with van der Waals surface area (Å²) >= 11 is 9.41. The lowest BCUT2D eigenvalue weighted by Crippen LogP contribution is -2.33. The van der Waals surface area contributed by atoms with Crippen molar-refractivity contribution in [2.75, 3.05) is 6.54 Å². The molecule has 0 aromatic heterocycles. The zero-order valence-corrected chi connectivity index (χ0v) is 12.2. The van der Waals surface area contributed by atoms with Crippen molar-refractivity contribution in [1.82, 2.24) is 4.90 Å². The highest BCUT2D eigenvalue weighted by molar-refractivity contribution is 9.10. The predicted molar refractivity (Wildman–Crippen MR) is 75.9 cm³/mol. The van der Waals surface area contributed by atoms with Crippen molar-refractivity contribution in [2.45, 2.75) is 19.4 Å². The molecule has 0 spiro atoms. The standard InChI is InChI=1S/C12H13BrClN3O/c1-2-5-17-10(11(15)16-12(17)18)7-3-4-8(13)9(14)6-7/h3-4,6,10H,2,5H2,1H3,(H2,15,16,18). The molecule has 1 atom stereocenters. The number of amides is 2. The summed E-state index contributed by atoms with van der Waals surface area (Å²) in [5.41, 5.74) is 6.72. The normalized spacial score (nSPS) is 19.3.